The Morgan fingerprint density at radius 2 is 2.00 bits per heavy atom. The number of ether oxygens (including phenoxy) is 1. The minimum atomic E-state index is 0.0778. The molecule has 0 bridgehead atoms. The third-order valence-corrected chi connectivity index (χ3v) is 4.17. The fourth-order valence-corrected chi connectivity index (χ4v) is 3.30. The SMILES string of the molecule is CCCNCc1sc(C(OCC)C(C)(C)C)nc1C. The van der Waals surface area contributed by atoms with Crippen molar-refractivity contribution in [3.8, 4) is 0 Å². The number of nitrogens with zero attached hydrogens (tertiary/aromatic N) is 1. The Bertz CT molecular complexity index is 382. The van der Waals surface area contributed by atoms with E-state index in [-0.39, 0.29) is 11.5 Å². The molecule has 0 amide bonds. The van der Waals surface area contributed by atoms with Gasteiger partial charge < -0.3 is 10.1 Å². The highest BCUT2D eigenvalue weighted by Gasteiger charge is 2.30. The molecule has 1 heterocycles. The maximum absolute atomic E-state index is 5.91. The molecular weight excluding hydrogens is 256 g/mol. The van der Waals surface area contributed by atoms with E-state index in [1.165, 1.54) is 4.88 Å². The Labute approximate surface area is 121 Å². The van der Waals surface area contributed by atoms with Crippen LogP contribution in [0, 0.1) is 12.3 Å². The molecule has 0 saturated heterocycles. The van der Waals surface area contributed by atoms with E-state index in [1.54, 1.807) is 11.3 Å². The van der Waals surface area contributed by atoms with Crippen molar-refractivity contribution in [3.63, 3.8) is 0 Å². The summed E-state index contributed by atoms with van der Waals surface area (Å²) in [6.45, 7) is 15.6. The highest BCUT2D eigenvalue weighted by Crippen LogP contribution is 2.38. The van der Waals surface area contributed by atoms with Crippen LogP contribution in [-0.4, -0.2) is 18.1 Å². The van der Waals surface area contributed by atoms with Crippen molar-refractivity contribution in [2.24, 2.45) is 5.41 Å². The van der Waals surface area contributed by atoms with Crippen molar-refractivity contribution in [2.75, 3.05) is 13.2 Å². The van der Waals surface area contributed by atoms with E-state index in [4.69, 9.17) is 9.72 Å². The standard InChI is InChI=1S/C15H28N2OS/c1-7-9-16-10-12-11(3)17-14(19-12)13(18-8-2)15(4,5)6/h13,16H,7-10H2,1-6H3. The summed E-state index contributed by atoms with van der Waals surface area (Å²) in [4.78, 5) is 6.06. The molecule has 0 radical (unpaired) electrons. The van der Waals surface area contributed by atoms with Crippen molar-refractivity contribution in [2.45, 2.75) is 60.6 Å². The second kappa shape index (κ2) is 7.36. The number of hydrogen-bond donors (Lipinski definition) is 1. The van der Waals surface area contributed by atoms with Gasteiger partial charge in [-0.1, -0.05) is 27.7 Å². The van der Waals surface area contributed by atoms with E-state index in [0.717, 1.165) is 36.8 Å². The summed E-state index contributed by atoms with van der Waals surface area (Å²) in [6.07, 6.45) is 1.25. The van der Waals surface area contributed by atoms with Gasteiger partial charge in [0, 0.05) is 18.0 Å². The second-order valence-electron chi connectivity index (χ2n) is 5.94. The van der Waals surface area contributed by atoms with E-state index in [1.807, 2.05) is 6.92 Å². The molecule has 4 heteroatoms. The minimum absolute atomic E-state index is 0.0778. The summed E-state index contributed by atoms with van der Waals surface area (Å²) >= 11 is 1.79. The van der Waals surface area contributed by atoms with Gasteiger partial charge in [-0.3, -0.25) is 0 Å². The Kier molecular flexibility index (Phi) is 6.43. The Morgan fingerprint density at radius 1 is 1.32 bits per heavy atom. The normalized spacial score (nSPS) is 13.8. The van der Waals surface area contributed by atoms with E-state index >= 15 is 0 Å². The van der Waals surface area contributed by atoms with E-state index in [2.05, 4.69) is 39.9 Å². The topological polar surface area (TPSA) is 34.1 Å². The Hall–Kier alpha value is -0.450. The van der Waals surface area contributed by atoms with Crippen LogP contribution in [0.5, 0.6) is 0 Å². The summed E-state index contributed by atoms with van der Waals surface area (Å²) in [6, 6.07) is 0. The van der Waals surface area contributed by atoms with Gasteiger partial charge in [-0.05, 0) is 32.2 Å². The fraction of sp³-hybridized carbons (Fsp3) is 0.800. The summed E-state index contributed by atoms with van der Waals surface area (Å²) in [5.74, 6) is 0. The quantitative estimate of drug-likeness (QED) is 0.766. The van der Waals surface area contributed by atoms with Gasteiger partial charge in [0.2, 0.25) is 0 Å². The lowest BCUT2D eigenvalue weighted by molar-refractivity contribution is -0.0134. The van der Waals surface area contributed by atoms with Crippen molar-refractivity contribution in [3.05, 3.63) is 15.6 Å². The molecule has 0 spiro atoms. The zero-order chi connectivity index (χ0) is 14.5. The minimum Gasteiger partial charge on any atom is -0.371 e. The van der Waals surface area contributed by atoms with Gasteiger partial charge in [-0.2, -0.15) is 0 Å². The number of rotatable bonds is 7. The molecule has 0 aliphatic heterocycles. The number of aromatic nitrogens is 1. The van der Waals surface area contributed by atoms with Gasteiger partial charge in [0.05, 0.1) is 5.69 Å². The lowest BCUT2D eigenvalue weighted by Crippen LogP contribution is -2.21. The molecule has 3 nitrogen and oxygen atoms in total. The number of hydrogen-bond acceptors (Lipinski definition) is 4. The first kappa shape index (κ1) is 16.6. The molecule has 1 aromatic rings. The Morgan fingerprint density at radius 3 is 2.53 bits per heavy atom. The predicted molar refractivity (Wildman–Crippen MR) is 82.7 cm³/mol. The zero-order valence-corrected chi connectivity index (χ0v) is 14.0. The molecule has 0 aromatic carbocycles. The van der Waals surface area contributed by atoms with Crippen LogP contribution in [0.4, 0.5) is 0 Å². The number of aryl methyl sites for hydroxylation is 1. The van der Waals surface area contributed by atoms with Crippen LogP contribution >= 0.6 is 11.3 Å². The first-order valence-corrected chi connectivity index (χ1v) is 8.00. The van der Waals surface area contributed by atoms with Gasteiger partial charge in [-0.25, -0.2) is 4.98 Å². The van der Waals surface area contributed by atoms with Gasteiger partial charge in [-0.15, -0.1) is 11.3 Å². The summed E-state index contributed by atoms with van der Waals surface area (Å²) < 4.78 is 5.91. The van der Waals surface area contributed by atoms with Gasteiger partial charge in [0.25, 0.3) is 0 Å². The van der Waals surface area contributed by atoms with E-state index in [9.17, 15) is 0 Å². The molecule has 1 N–H and O–H groups in total. The van der Waals surface area contributed by atoms with Crippen LogP contribution in [0.3, 0.4) is 0 Å². The average Bonchev–Trinajstić information content (AvgIpc) is 2.66. The van der Waals surface area contributed by atoms with Gasteiger partial charge in [0.1, 0.15) is 11.1 Å². The van der Waals surface area contributed by atoms with Crippen LogP contribution in [-0.2, 0) is 11.3 Å². The molecule has 1 aromatic heterocycles. The van der Waals surface area contributed by atoms with Crippen LogP contribution in [0.25, 0.3) is 0 Å². The maximum atomic E-state index is 5.91. The predicted octanol–water partition coefficient (Wildman–Crippen LogP) is 4.07. The summed E-state index contributed by atoms with van der Waals surface area (Å²) in [5.41, 5.74) is 1.21. The molecule has 1 unspecified atom stereocenters. The average molecular weight is 284 g/mol. The maximum Gasteiger partial charge on any atom is 0.123 e. The molecule has 1 atom stereocenters. The number of nitrogens with one attached hydrogen (secondary N) is 1. The molecule has 0 aliphatic carbocycles. The lowest BCUT2D eigenvalue weighted by atomic mass is 9.89. The molecule has 19 heavy (non-hydrogen) atoms. The zero-order valence-electron chi connectivity index (χ0n) is 13.2. The third kappa shape index (κ3) is 4.86. The smallest absolute Gasteiger partial charge is 0.123 e. The lowest BCUT2D eigenvalue weighted by Gasteiger charge is -2.28. The Balaban J connectivity index is 2.84. The van der Waals surface area contributed by atoms with Crippen LogP contribution < -0.4 is 5.32 Å². The van der Waals surface area contributed by atoms with Crippen LogP contribution in [0.2, 0.25) is 0 Å². The summed E-state index contributed by atoms with van der Waals surface area (Å²) in [7, 11) is 0. The molecule has 0 saturated carbocycles. The van der Waals surface area contributed by atoms with Crippen molar-refractivity contribution in [1.29, 1.82) is 0 Å². The third-order valence-electron chi connectivity index (χ3n) is 2.97. The van der Waals surface area contributed by atoms with Gasteiger partial charge >= 0.3 is 0 Å². The first-order chi connectivity index (χ1) is 8.90. The first-order valence-electron chi connectivity index (χ1n) is 7.18. The van der Waals surface area contributed by atoms with E-state index < -0.39 is 0 Å². The van der Waals surface area contributed by atoms with E-state index in [0.29, 0.717) is 0 Å². The van der Waals surface area contributed by atoms with Crippen molar-refractivity contribution < 1.29 is 4.74 Å². The highest BCUT2D eigenvalue weighted by molar-refractivity contribution is 7.11. The molecular formula is C15H28N2OS. The number of thiazole rings is 1. The molecule has 110 valence electrons. The molecule has 1 rings (SSSR count). The molecule has 0 fully saturated rings. The van der Waals surface area contributed by atoms with Gasteiger partial charge in [0.15, 0.2) is 0 Å². The highest BCUT2D eigenvalue weighted by atomic mass is 32.1. The second-order valence-corrected chi connectivity index (χ2v) is 7.05. The monoisotopic (exact) mass is 284 g/mol. The van der Waals surface area contributed by atoms with Crippen molar-refractivity contribution >= 4 is 11.3 Å². The summed E-state index contributed by atoms with van der Waals surface area (Å²) in [5, 5.41) is 4.56. The fourth-order valence-electron chi connectivity index (χ4n) is 1.96. The van der Waals surface area contributed by atoms with Crippen molar-refractivity contribution in [1.82, 2.24) is 10.3 Å². The molecule has 0 aliphatic rings. The largest absolute Gasteiger partial charge is 0.371 e. The van der Waals surface area contributed by atoms with Crippen LogP contribution in [0.15, 0.2) is 0 Å². The van der Waals surface area contributed by atoms with Crippen LogP contribution in [0.1, 0.15) is 62.7 Å².